The fraction of sp³-hybridized carbons (Fsp3) is 0.385. The van der Waals surface area contributed by atoms with E-state index in [1.165, 1.54) is 0 Å². The van der Waals surface area contributed by atoms with Crippen LogP contribution in [0.2, 0.25) is 0 Å². The predicted molar refractivity (Wildman–Crippen MR) is 57.4 cm³/mol. The van der Waals surface area contributed by atoms with Crippen molar-refractivity contribution in [3.63, 3.8) is 0 Å². The Kier molecular flexibility index (Phi) is 2.14. The third-order valence-electron chi connectivity index (χ3n) is 3.42. The number of fused-ring (bicyclic) bond motifs is 3. The molecule has 1 aliphatic heterocycles. The van der Waals surface area contributed by atoms with Crippen LogP contribution in [0.3, 0.4) is 0 Å². The highest BCUT2D eigenvalue weighted by atomic mass is 16.5. The Balaban J connectivity index is 2.24. The third-order valence-corrected chi connectivity index (χ3v) is 3.42. The molecule has 0 saturated heterocycles. The molecule has 82 valence electrons. The summed E-state index contributed by atoms with van der Waals surface area (Å²) >= 11 is 0. The van der Waals surface area contributed by atoms with E-state index < -0.39 is 0 Å². The van der Waals surface area contributed by atoms with Gasteiger partial charge in [-0.2, -0.15) is 0 Å². The highest BCUT2D eigenvalue weighted by Gasteiger charge is 2.29. The summed E-state index contributed by atoms with van der Waals surface area (Å²) in [6.07, 6.45) is 2.67. The largest absolute Gasteiger partial charge is 0.372 e. The van der Waals surface area contributed by atoms with Crippen LogP contribution < -0.4 is 0 Å². The highest BCUT2D eigenvalue weighted by molar-refractivity contribution is 6.02. The molecule has 3 heteroatoms. The van der Waals surface area contributed by atoms with Crippen molar-refractivity contribution in [3.8, 4) is 0 Å². The number of carbonyl (C=O) groups excluding carboxylic acids is 2. The minimum atomic E-state index is 0.212. The minimum absolute atomic E-state index is 0.212. The molecule has 3 rings (SSSR count). The summed E-state index contributed by atoms with van der Waals surface area (Å²) in [5.41, 5.74) is 5.10. The van der Waals surface area contributed by atoms with Gasteiger partial charge in [-0.25, -0.2) is 0 Å². The van der Waals surface area contributed by atoms with Gasteiger partial charge in [0.2, 0.25) is 0 Å². The Morgan fingerprint density at radius 1 is 1.25 bits per heavy atom. The number of ether oxygens (including phenoxy) is 1. The van der Waals surface area contributed by atoms with Crippen LogP contribution in [0.25, 0.3) is 0 Å². The molecule has 16 heavy (non-hydrogen) atoms. The van der Waals surface area contributed by atoms with Crippen LogP contribution in [0.5, 0.6) is 0 Å². The smallest absolute Gasteiger partial charge is 0.163 e. The summed E-state index contributed by atoms with van der Waals surface area (Å²) in [5.74, 6) is 0.212. The van der Waals surface area contributed by atoms with Crippen LogP contribution in [0.4, 0.5) is 0 Å². The van der Waals surface area contributed by atoms with Crippen LogP contribution in [-0.4, -0.2) is 12.1 Å². The van der Waals surface area contributed by atoms with Gasteiger partial charge in [0.05, 0.1) is 13.2 Å². The minimum Gasteiger partial charge on any atom is -0.372 e. The SMILES string of the molecule is O=CCc1cc2c(c3c1CCC3=O)COC2. The molecule has 1 heterocycles. The highest BCUT2D eigenvalue weighted by Crippen LogP contribution is 2.34. The normalized spacial score (nSPS) is 17.4. The second kappa shape index (κ2) is 3.52. The van der Waals surface area contributed by atoms with Gasteiger partial charge in [0.1, 0.15) is 6.29 Å². The first-order valence-electron chi connectivity index (χ1n) is 5.52. The quantitative estimate of drug-likeness (QED) is 0.705. The number of carbonyl (C=O) groups is 2. The lowest BCUT2D eigenvalue weighted by Crippen LogP contribution is -2.03. The van der Waals surface area contributed by atoms with Gasteiger partial charge < -0.3 is 9.53 Å². The number of aldehydes is 1. The molecular weight excluding hydrogens is 204 g/mol. The van der Waals surface area contributed by atoms with Crippen molar-refractivity contribution >= 4 is 12.1 Å². The molecule has 3 nitrogen and oxygen atoms in total. The summed E-state index contributed by atoms with van der Waals surface area (Å²) in [7, 11) is 0. The molecule has 0 N–H and O–H groups in total. The maximum atomic E-state index is 11.8. The van der Waals surface area contributed by atoms with Crippen molar-refractivity contribution in [1.82, 2.24) is 0 Å². The summed E-state index contributed by atoms with van der Waals surface area (Å²) in [6.45, 7) is 1.12. The number of Topliss-reactive ketones (excluding diaryl/α,β-unsaturated/α-hetero) is 1. The van der Waals surface area contributed by atoms with Gasteiger partial charge >= 0.3 is 0 Å². The van der Waals surface area contributed by atoms with Gasteiger partial charge in [0.25, 0.3) is 0 Å². The van der Waals surface area contributed by atoms with E-state index in [0.29, 0.717) is 26.1 Å². The molecule has 0 aromatic heterocycles. The van der Waals surface area contributed by atoms with Crippen molar-refractivity contribution in [1.29, 1.82) is 0 Å². The molecule has 0 atom stereocenters. The first kappa shape index (κ1) is 9.73. The molecule has 2 aliphatic rings. The second-order valence-corrected chi connectivity index (χ2v) is 4.31. The maximum Gasteiger partial charge on any atom is 0.163 e. The first-order chi connectivity index (χ1) is 7.81. The zero-order valence-corrected chi connectivity index (χ0v) is 8.91. The number of ketones is 1. The zero-order chi connectivity index (χ0) is 11.1. The molecule has 1 aromatic carbocycles. The van der Waals surface area contributed by atoms with Gasteiger partial charge in [0.15, 0.2) is 5.78 Å². The van der Waals surface area contributed by atoms with E-state index >= 15 is 0 Å². The van der Waals surface area contributed by atoms with Crippen LogP contribution >= 0.6 is 0 Å². The Labute approximate surface area is 93.4 Å². The topological polar surface area (TPSA) is 43.4 Å². The predicted octanol–water partition coefficient (Wildman–Crippen LogP) is 1.59. The monoisotopic (exact) mass is 216 g/mol. The van der Waals surface area contributed by atoms with Crippen molar-refractivity contribution in [2.24, 2.45) is 0 Å². The van der Waals surface area contributed by atoms with Crippen molar-refractivity contribution in [2.75, 3.05) is 0 Å². The van der Waals surface area contributed by atoms with E-state index in [9.17, 15) is 9.59 Å². The first-order valence-corrected chi connectivity index (χ1v) is 5.52. The molecule has 0 bridgehead atoms. The number of rotatable bonds is 2. The second-order valence-electron chi connectivity index (χ2n) is 4.31. The molecule has 0 saturated carbocycles. The van der Waals surface area contributed by atoms with Crippen LogP contribution in [0, 0.1) is 0 Å². The summed E-state index contributed by atoms with van der Waals surface area (Å²) in [5, 5.41) is 0. The Morgan fingerprint density at radius 3 is 2.94 bits per heavy atom. The fourth-order valence-electron chi connectivity index (χ4n) is 2.70. The lowest BCUT2D eigenvalue weighted by Gasteiger charge is -2.09. The maximum absolute atomic E-state index is 11.8. The summed E-state index contributed by atoms with van der Waals surface area (Å²) in [4.78, 5) is 22.5. The molecule has 0 spiro atoms. The van der Waals surface area contributed by atoms with Crippen molar-refractivity contribution in [2.45, 2.75) is 32.5 Å². The van der Waals surface area contributed by atoms with Crippen LogP contribution in [0.15, 0.2) is 6.07 Å². The average Bonchev–Trinajstić information content (AvgIpc) is 2.85. The van der Waals surface area contributed by atoms with E-state index in [2.05, 4.69) is 0 Å². The molecular formula is C13H12O3. The third kappa shape index (κ3) is 1.25. The van der Waals surface area contributed by atoms with Crippen molar-refractivity contribution < 1.29 is 14.3 Å². The number of hydrogen-bond donors (Lipinski definition) is 0. The van der Waals surface area contributed by atoms with E-state index in [-0.39, 0.29) is 5.78 Å². The van der Waals surface area contributed by atoms with Gasteiger partial charge in [-0.05, 0) is 28.7 Å². The number of hydrogen-bond acceptors (Lipinski definition) is 3. The molecule has 0 radical (unpaired) electrons. The standard InChI is InChI=1S/C13H12O3/c14-4-3-8-5-9-6-16-7-11(9)13-10(8)1-2-12(13)15/h4-5H,1-3,6-7H2. The van der Waals surface area contributed by atoms with Crippen molar-refractivity contribution in [3.05, 3.63) is 33.9 Å². The summed E-state index contributed by atoms with van der Waals surface area (Å²) in [6, 6.07) is 2.04. The van der Waals surface area contributed by atoms with E-state index in [1.54, 1.807) is 0 Å². The van der Waals surface area contributed by atoms with Gasteiger partial charge in [0, 0.05) is 18.4 Å². The zero-order valence-electron chi connectivity index (χ0n) is 8.91. The molecule has 1 aromatic rings. The average molecular weight is 216 g/mol. The van der Waals surface area contributed by atoms with Crippen LogP contribution in [-0.2, 0) is 35.6 Å². The van der Waals surface area contributed by atoms with E-state index in [4.69, 9.17) is 4.74 Å². The lowest BCUT2D eigenvalue weighted by molar-refractivity contribution is -0.107. The van der Waals surface area contributed by atoms with Gasteiger partial charge in [-0.1, -0.05) is 6.07 Å². The molecule has 1 aliphatic carbocycles. The molecule has 0 fully saturated rings. The van der Waals surface area contributed by atoms with E-state index in [1.807, 2.05) is 6.07 Å². The lowest BCUT2D eigenvalue weighted by atomic mass is 9.93. The summed E-state index contributed by atoms with van der Waals surface area (Å²) < 4.78 is 5.38. The van der Waals surface area contributed by atoms with Crippen LogP contribution in [0.1, 0.15) is 39.0 Å². The van der Waals surface area contributed by atoms with E-state index in [0.717, 1.165) is 40.5 Å². The molecule has 0 amide bonds. The molecule has 0 unspecified atom stereocenters. The Bertz CT molecular complexity index is 488. The van der Waals surface area contributed by atoms with Gasteiger partial charge in [-0.15, -0.1) is 0 Å². The Hall–Kier alpha value is -1.48. The fourth-order valence-corrected chi connectivity index (χ4v) is 2.70. The Morgan fingerprint density at radius 2 is 2.12 bits per heavy atom. The number of benzene rings is 1. The van der Waals surface area contributed by atoms with Gasteiger partial charge in [-0.3, -0.25) is 4.79 Å².